The summed E-state index contributed by atoms with van der Waals surface area (Å²) in [6.07, 6.45) is 6.65. The minimum atomic E-state index is 0.0808. The molecule has 1 aliphatic heterocycles. The molecule has 4 aromatic rings. The van der Waals surface area contributed by atoms with Crippen LogP contribution < -0.4 is 20.7 Å². The zero-order chi connectivity index (χ0) is 26.1. The van der Waals surface area contributed by atoms with E-state index in [1.54, 1.807) is 12.4 Å². The number of aryl methyl sites for hydroxylation is 1. The summed E-state index contributed by atoms with van der Waals surface area (Å²) in [6.45, 7) is 6.07. The molecule has 1 unspecified atom stereocenters. The lowest BCUT2D eigenvalue weighted by Gasteiger charge is -2.23. The van der Waals surface area contributed by atoms with Gasteiger partial charge in [-0.3, -0.25) is 4.79 Å². The first-order valence-electron chi connectivity index (χ1n) is 13.3. The fourth-order valence-corrected chi connectivity index (χ4v) is 5.10. The molecule has 1 aliphatic carbocycles. The Morgan fingerprint density at radius 2 is 1.95 bits per heavy atom. The number of fused-ring (bicyclic) bond motifs is 1. The number of carbonyl (C=O) groups is 1. The Hall–Kier alpha value is -4.04. The van der Waals surface area contributed by atoms with Gasteiger partial charge < -0.3 is 20.7 Å². The van der Waals surface area contributed by atoms with E-state index in [0.717, 1.165) is 65.6 Å². The molecule has 1 saturated carbocycles. The molecule has 2 aromatic heterocycles. The first kappa shape index (κ1) is 24.3. The number of piperidine rings is 1. The molecule has 3 N–H and O–H groups in total. The summed E-state index contributed by atoms with van der Waals surface area (Å²) in [5, 5.41) is 11.8. The van der Waals surface area contributed by atoms with Crippen molar-refractivity contribution >= 4 is 28.3 Å². The number of rotatable bonds is 7. The van der Waals surface area contributed by atoms with Gasteiger partial charge in [-0.05, 0) is 68.5 Å². The highest BCUT2D eigenvalue weighted by Crippen LogP contribution is 2.41. The van der Waals surface area contributed by atoms with Crippen LogP contribution >= 0.6 is 0 Å². The van der Waals surface area contributed by atoms with Crippen LogP contribution in [0.3, 0.4) is 0 Å². The van der Waals surface area contributed by atoms with Gasteiger partial charge in [0.15, 0.2) is 0 Å². The van der Waals surface area contributed by atoms with Crippen molar-refractivity contribution in [3.63, 3.8) is 0 Å². The van der Waals surface area contributed by atoms with E-state index in [-0.39, 0.29) is 11.8 Å². The zero-order valence-electron chi connectivity index (χ0n) is 21.7. The fraction of sp³-hybridized carbons (Fsp3) is 0.333. The lowest BCUT2D eigenvalue weighted by Crippen LogP contribution is -2.38. The van der Waals surface area contributed by atoms with Crippen molar-refractivity contribution in [1.29, 1.82) is 0 Å². The molecule has 1 amide bonds. The average molecular weight is 509 g/mol. The number of anilines is 2. The molecule has 38 heavy (non-hydrogen) atoms. The van der Waals surface area contributed by atoms with E-state index in [1.807, 2.05) is 55.5 Å². The van der Waals surface area contributed by atoms with Crippen LogP contribution in [0.15, 0.2) is 60.9 Å². The Labute approximate surface area is 222 Å². The van der Waals surface area contributed by atoms with Crippen molar-refractivity contribution in [3.05, 3.63) is 66.5 Å². The number of nitrogens with one attached hydrogen (secondary N) is 3. The molecule has 2 aliphatic rings. The zero-order valence-corrected chi connectivity index (χ0v) is 21.7. The van der Waals surface area contributed by atoms with Crippen molar-refractivity contribution in [3.8, 4) is 22.9 Å². The molecule has 8 heteroatoms. The number of amides is 1. The lowest BCUT2D eigenvalue weighted by molar-refractivity contribution is -0.117. The molecule has 2 aromatic carbocycles. The maximum atomic E-state index is 12.7. The first-order chi connectivity index (χ1) is 18.6. The maximum absolute atomic E-state index is 12.7. The predicted octanol–water partition coefficient (Wildman–Crippen LogP) is 5.55. The third-order valence-electron chi connectivity index (χ3n) is 7.44. The molecule has 3 heterocycles. The summed E-state index contributed by atoms with van der Waals surface area (Å²) >= 11 is 0. The van der Waals surface area contributed by atoms with E-state index in [4.69, 9.17) is 9.72 Å². The lowest BCUT2D eigenvalue weighted by atomic mass is 10.0. The molecule has 6 rings (SSSR count). The number of ether oxygens (including phenoxy) is 1. The molecular weight excluding hydrogens is 476 g/mol. The third-order valence-corrected chi connectivity index (χ3v) is 7.44. The van der Waals surface area contributed by atoms with Gasteiger partial charge in [0.1, 0.15) is 5.75 Å². The van der Waals surface area contributed by atoms with Crippen LogP contribution in [0.5, 0.6) is 11.6 Å². The second-order valence-electron chi connectivity index (χ2n) is 10.3. The summed E-state index contributed by atoms with van der Waals surface area (Å²) in [6, 6.07) is 16.0. The topological polar surface area (TPSA) is 101 Å². The van der Waals surface area contributed by atoms with Gasteiger partial charge in [0, 0.05) is 47.4 Å². The highest BCUT2D eigenvalue weighted by Gasteiger charge is 2.39. The molecule has 0 bridgehead atoms. The number of hydrogen-bond acceptors (Lipinski definition) is 7. The smallest absolute Gasteiger partial charge is 0.228 e. The van der Waals surface area contributed by atoms with Crippen molar-refractivity contribution in [2.75, 3.05) is 23.7 Å². The van der Waals surface area contributed by atoms with Crippen LogP contribution in [0.4, 0.5) is 11.6 Å². The van der Waals surface area contributed by atoms with Crippen molar-refractivity contribution < 1.29 is 9.53 Å². The summed E-state index contributed by atoms with van der Waals surface area (Å²) in [7, 11) is 0. The standard InChI is InChI=1S/C30H32N6O2/c1-18-10-11-21-22(7-3-9-25(21)35-28(37)24-16-19(24)2)27(18)38-29-23(8-5-14-32-29)26-12-15-33-30(36-26)34-20-6-4-13-31-17-20/h3,5,7-12,14-15,19-20,24,31H,4,6,13,16-17H2,1-2H3,(H,35,37)(H,33,34,36)/t19-,20?,24+/m0/s1. The van der Waals surface area contributed by atoms with Crippen LogP contribution in [0, 0.1) is 18.8 Å². The summed E-state index contributed by atoms with van der Waals surface area (Å²) in [4.78, 5) is 26.4. The number of carbonyl (C=O) groups excluding carboxylic acids is 1. The molecule has 2 fully saturated rings. The van der Waals surface area contributed by atoms with E-state index >= 15 is 0 Å². The highest BCUT2D eigenvalue weighted by molar-refractivity contribution is 6.05. The molecule has 194 valence electrons. The largest absolute Gasteiger partial charge is 0.437 e. The Kier molecular flexibility index (Phi) is 6.64. The monoisotopic (exact) mass is 508 g/mol. The molecular formula is C30H32N6O2. The quantitative estimate of drug-likeness (QED) is 0.301. The fourth-order valence-electron chi connectivity index (χ4n) is 5.10. The van der Waals surface area contributed by atoms with Crippen LogP contribution in [-0.2, 0) is 4.79 Å². The third kappa shape index (κ3) is 5.04. The first-order valence-corrected chi connectivity index (χ1v) is 13.3. The highest BCUT2D eigenvalue weighted by atomic mass is 16.5. The number of aromatic nitrogens is 3. The van der Waals surface area contributed by atoms with Gasteiger partial charge in [0.05, 0.1) is 11.3 Å². The van der Waals surface area contributed by atoms with Crippen molar-refractivity contribution in [1.82, 2.24) is 20.3 Å². The average Bonchev–Trinajstić information content (AvgIpc) is 3.68. The summed E-state index contributed by atoms with van der Waals surface area (Å²) < 4.78 is 6.52. The van der Waals surface area contributed by atoms with Gasteiger partial charge in [-0.15, -0.1) is 0 Å². The Bertz CT molecular complexity index is 1480. The van der Waals surface area contributed by atoms with Gasteiger partial charge in [0.25, 0.3) is 0 Å². The van der Waals surface area contributed by atoms with E-state index in [9.17, 15) is 4.79 Å². The van der Waals surface area contributed by atoms with Gasteiger partial charge in [-0.1, -0.05) is 31.2 Å². The molecule has 0 radical (unpaired) electrons. The molecule has 3 atom stereocenters. The van der Waals surface area contributed by atoms with Crippen LogP contribution in [0.25, 0.3) is 22.0 Å². The number of benzene rings is 2. The molecule has 0 spiro atoms. The van der Waals surface area contributed by atoms with Gasteiger partial charge in [-0.25, -0.2) is 15.0 Å². The number of pyridine rings is 1. The Morgan fingerprint density at radius 1 is 1.05 bits per heavy atom. The molecule has 1 saturated heterocycles. The number of nitrogens with zero attached hydrogens (tertiary/aromatic N) is 3. The van der Waals surface area contributed by atoms with Gasteiger partial charge >= 0.3 is 0 Å². The van der Waals surface area contributed by atoms with E-state index in [2.05, 4.69) is 32.8 Å². The molecule has 8 nitrogen and oxygen atoms in total. The Balaban J connectivity index is 1.31. The van der Waals surface area contributed by atoms with Crippen LogP contribution in [0.2, 0.25) is 0 Å². The SMILES string of the molecule is Cc1ccc2c(NC(=O)[C@@H]3C[C@@H]3C)cccc2c1Oc1ncccc1-c1ccnc(NC2CCCNC2)n1. The predicted molar refractivity (Wildman–Crippen MR) is 149 cm³/mol. The van der Waals surface area contributed by atoms with Crippen LogP contribution in [0.1, 0.15) is 31.7 Å². The second kappa shape index (κ2) is 10.4. The normalized spacial score (nSPS) is 20.6. The summed E-state index contributed by atoms with van der Waals surface area (Å²) in [5.74, 6) is 2.40. The minimum absolute atomic E-state index is 0.0808. The maximum Gasteiger partial charge on any atom is 0.228 e. The van der Waals surface area contributed by atoms with Gasteiger partial charge in [0.2, 0.25) is 17.7 Å². The second-order valence-corrected chi connectivity index (χ2v) is 10.3. The minimum Gasteiger partial charge on any atom is -0.437 e. The van der Waals surface area contributed by atoms with E-state index < -0.39 is 0 Å². The van der Waals surface area contributed by atoms with Crippen molar-refractivity contribution in [2.45, 2.75) is 39.2 Å². The van der Waals surface area contributed by atoms with E-state index in [1.165, 1.54) is 0 Å². The van der Waals surface area contributed by atoms with Crippen LogP contribution in [-0.4, -0.2) is 40.0 Å². The van der Waals surface area contributed by atoms with Crippen molar-refractivity contribution in [2.24, 2.45) is 11.8 Å². The van der Waals surface area contributed by atoms with E-state index in [0.29, 0.717) is 29.5 Å². The number of hydrogen-bond donors (Lipinski definition) is 3. The summed E-state index contributed by atoms with van der Waals surface area (Å²) in [5.41, 5.74) is 3.28. The Morgan fingerprint density at radius 3 is 2.76 bits per heavy atom. The van der Waals surface area contributed by atoms with Gasteiger partial charge in [-0.2, -0.15) is 0 Å².